The highest BCUT2D eigenvalue weighted by molar-refractivity contribution is 8.01. The molecule has 4 N–H and O–H groups in total. The molecule has 0 aromatic carbocycles. The summed E-state index contributed by atoms with van der Waals surface area (Å²) < 4.78 is -0.245. The van der Waals surface area contributed by atoms with Crippen molar-refractivity contribution in [1.82, 2.24) is 10.4 Å². The number of aliphatic hydroxyl groups excluding tert-OH is 1. The van der Waals surface area contributed by atoms with E-state index in [1.165, 1.54) is 0 Å². The third kappa shape index (κ3) is 1.33. The Bertz CT molecular complexity index is 271. The molecule has 14 heavy (non-hydrogen) atoms. The topological polar surface area (TPSA) is 78.6 Å². The predicted octanol–water partition coefficient (Wildman–Crippen LogP) is -1.13. The zero-order valence-electron chi connectivity index (χ0n) is 8.23. The van der Waals surface area contributed by atoms with E-state index in [-0.39, 0.29) is 22.1 Å². The van der Waals surface area contributed by atoms with Gasteiger partial charge in [0, 0.05) is 11.3 Å². The Balaban J connectivity index is 2.27. The molecular formula is C8H15N3O2S. The standard InChI is InChI=1S/C8H15N3O2S/c1-8(2)5(6(9)13)11-7(14-8)4(12)3-10-11/h4-5,7,10,12H,3H2,1-2H3,(H2,9,13). The molecule has 0 radical (unpaired) electrons. The predicted molar refractivity (Wildman–Crippen MR) is 54.3 cm³/mol. The van der Waals surface area contributed by atoms with Crippen molar-refractivity contribution in [3.8, 4) is 0 Å². The maximum absolute atomic E-state index is 11.3. The summed E-state index contributed by atoms with van der Waals surface area (Å²) in [5, 5.41) is 11.4. The minimum atomic E-state index is -0.427. The summed E-state index contributed by atoms with van der Waals surface area (Å²) in [6, 6.07) is -0.352. The first kappa shape index (κ1) is 10.2. The van der Waals surface area contributed by atoms with Crippen LogP contribution in [0.5, 0.6) is 0 Å². The van der Waals surface area contributed by atoms with Gasteiger partial charge in [-0.3, -0.25) is 10.2 Å². The van der Waals surface area contributed by atoms with E-state index in [4.69, 9.17) is 5.73 Å². The number of nitrogens with one attached hydrogen (secondary N) is 1. The molecule has 2 heterocycles. The maximum atomic E-state index is 11.3. The van der Waals surface area contributed by atoms with Crippen LogP contribution in [0.4, 0.5) is 0 Å². The van der Waals surface area contributed by atoms with Crippen molar-refractivity contribution in [2.24, 2.45) is 5.73 Å². The number of nitrogens with zero attached hydrogens (tertiary/aromatic N) is 1. The molecule has 2 saturated heterocycles. The first-order valence-electron chi connectivity index (χ1n) is 4.60. The molecular weight excluding hydrogens is 202 g/mol. The van der Waals surface area contributed by atoms with Gasteiger partial charge in [-0.05, 0) is 13.8 Å². The molecule has 0 aromatic rings. The van der Waals surface area contributed by atoms with Gasteiger partial charge in [-0.15, -0.1) is 11.8 Å². The van der Waals surface area contributed by atoms with Crippen LogP contribution in [0.3, 0.4) is 0 Å². The number of aliphatic hydroxyl groups is 1. The monoisotopic (exact) mass is 217 g/mol. The number of hydrogen-bond acceptors (Lipinski definition) is 5. The zero-order valence-corrected chi connectivity index (χ0v) is 9.04. The molecule has 0 bridgehead atoms. The normalized spacial score (nSPS) is 41.2. The van der Waals surface area contributed by atoms with Crippen molar-refractivity contribution in [2.75, 3.05) is 6.54 Å². The molecule has 0 saturated carbocycles. The quantitative estimate of drug-likeness (QED) is 0.518. The lowest BCUT2D eigenvalue weighted by Gasteiger charge is -2.27. The molecule has 0 aromatic heterocycles. The van der Waals surface area contributed by atoms with Crippen LogP contribution in [0.15, 0.2) is 0 Å². The maximum Gasteiger partial charge on any atom is 0.237 e. The van der Waals surface area contributed by atoms with E-state index in [1.807, 2.05) is 13.8 Å². The van der Waals surface area contributed by atoms with E-state index in [2.05, 4.69) is 5.43 Å². The molecule has 3 atom stereocenters. The molecule has 80 valence electrons. The van der Waals surface area contributed by atoms with Crippen LogP contribution >= 0.6 is 11.8 Å². The molecule has 6 heteroatoms. The summed E-state index contributed by atoms with van der Waals surface area (Å²) in [5.41, 5.74) is 8.38. The van der Waals surface area contributed by atoms with Crippen molar-refractivity contribution in [1.29, 1.82) is 0 Å². The van der Waals surface area contributed by atoms with Gasteiger partial charge in [-0.25, -0.2) is 5.01 Å². The Morgan fingerprint density at radius 1 is 1.71 bits per heavy atom. The summed E-state index contributed by atoms with van der Waals surface area (Å²) in [4.78, 5) is 11.3. The van der Waals surface area contributed by atoms with Crippen molar-refractivity contribution < 1.29 is 9.90 Å². The Morgan fingerprint density at radius 3 is 2.93 bits per heavy atom. The van der Waals surface area contributed by atoms with Gasteiger partial charge in [0.05, 0.1) is 11.5 Å². The molecule has 0 spiro atoms. The Hall–Kier alpha value is -0.300. The number of nitrogens with two attached hydrogens (primary N) is 1. The second kappa shape index (κ2) is 3.10. The summed E-state index contributed by atoms with van der Waals surface area (Å²) in [6.07, 6.45) is -0.427. The van der Waals surface area contributed by atoms with Gasteiger partial charge in [0.1, 0.15) is 6.04 Å². The van der Waals surface area contributed by atoms with Gasteiger partial charge in [0.15, 0.2) is 0 Å². The number of thioether (sulfide) groups is 1. The number of hydrogen-bond donors (Lipinski definition) is 3. The summed E-state index contributed by atoms with van der Waals surface area (Å²) in [6.45, 7) is 4.44. The average molecular weight is 217 g/mol. The van der Waals surface area contributed by atoms with Gasteiger partial charge < -0.3 is 10.8 Å². The van der Waals surface area contributed by atoms with Crippen LogP contribution in [-0.4, -0.2) is 44.8 Å². The fraction of sp³-hybridized carbons (Fsp3) is 0.875. The van der Waals surface area contributed by atoms with E-state index in [9.17, 15) is 9.90 Å². The summed E-state index contributed by atoms with van der Waals surface area (Å²) in [5.74, 6) is -0.341. The molecule has 3 unspecified atom stereocenters. The summed E-state index contributed by atoms with van der Waals surface area (Å²) in [7, 11) is 0. The van der Waals surface area contributed by atoms with Crippen molar-refractivity contribution in [2.45, 2.75) is 36.1 Å². The smallest absolute Gasteiger partial charge is 0.237 e. The second-order valence-corrected chi connectivity index (χ2v) is 6.02. The number of fused-ring (bicyclic) bond motifs is 1. The number of hydrazine groups is 1. The first-order chi connectivity index (χ1) is 6.43. The molecule has 1 amide bonds. The minimum Gasteiger partial charge on any atom is -0.389 e. The fourth-order valence-electron chi connectivity index (χ4n) is 2.14. The average Bonchev–Trinajstić information content (AvgIpc) is 2.47. The number of rotatable bonds is 1. The van der Waals surface area contributed by atoms with E-state index in [1.54, 1.807) is 16.8 Å². The van der Waals surface area contributed by atoms with Crippen LogP contribution < -0.4 is 11.2 Å². The second-order valence-electron chi connectivity index (χ2n) is 4.25. The lowest BCUT2D eigenvalue weighted by molar-refractivity contribution is -0.124. The van der Waals surface area contributed by atoms with Crippen molar-refractivity contribution >= 4 is 17.7 Å². The largest absolute Gasteiger partial charge is 0.389 e. The lowest BCUT2D eigenvalue weighted by Crippen LogP contribution is -2.53. The Labute approximate surface area is 87.0 Å². The molecule has 2 aliphatic heterocycles. The number of carbonyl (C=O) groups excluding carboxylic acids is 1. The number of β-amino-alcohol motifs (C(OH)–C–C–N with tert-alkyl or cyclic N) is 1. The van der Waals surface area contributed by atoms with Crippen LogP contribution in [0, 0.1) is 0 Å². The van der Waals surface area contributed by atoms with Crippen LogP contribution in [-0.2, 0) is 4.79 Å². The van der Waals surface area contributed by atoms with Gasteiger partial charge in [0.2, 0.25) is 5.91 Å². The molecule has 2 fully saturated rings. The molecule has 0 aliphatic carbocycles. The highest BCUT2D eigenvalue weighted by atomic mass is 32.2. The number of primary amides is 1. The van der Waals surface area contributed by atoms with Crippen LogP contribution in [0.25, 0.3) is 0 Å². The third-order valence-electron chi connectivity index (χ3n) is 2.72. The van der Waals surface area contributed by atoms with Crippen molar-refractivity contribution in [3.05, 3.63) is 0 Å². The van der Waals surface area contributed by atoms with E-state index in [0.717, 1.165) is 0 Å². The minimum absolute atomic E-state index is 0.0532. The molecule has 2 rings (SSSR count). The van der Waals surface area contributed by atoms with Crippen LogP contribution in [0.2, 0.25) is 0 Å². The van der Waals surface area contributed by atoms with Crippen molar-refractivity contribution in [3.63, 3.8) is 0 Å². The number of amides is 1. The fourth-order valence-corrected chi connectivity index (χ4v) is 3.68. The van der Waals surface area contributed by atoms with Crippen LogP contribution in [0.1, 0.15) is 13.8 Å². The highest BCUT2D eigenvalue weighted by Gasteiger charge is 2.55. The molecule has 5 nitrogen and oxygen atoms in total. The number of carbonyl (C=O) groups is 1. The highest BCUT2D eigenvalue weighted by Crippen LogP contribution is 2.45. The van der Waals surface area contributed by atoms with E-state index < -0.39 is 6.10 Å². The zero-order chi connectivity index (χ0) is 10.5. The van der Waals surface area contributed by atoms with Gasteiger partial charge in [-0.2, -0.15) is 0 Å². The third-order valence-corrected chi connectivity index (χ3v) is 4.33. The Kier molecular flexibility index (Phi) is 2.26. The molecule has 2 aliphatic rings. The Morgan fingerprint density at radius 2 is 2.36 bits per heavy atom. The first-order valence-corrected chi connectivity index (χ1v) is 5.48. The SMILES string of the molecule is CC1(C)SC2C(O)CNN2C1C(N)=O. The van der Waals surface area contributed by atoms with Gasteiger partial charge in [-0.1, -0.05) is 0 Å². The lowest BCUT2D eigenvalue weighted by atomic mass is 10.0. The summed E-state index contributed by atoms with van der Waals surface area (Å²) >= 11 is 1.60. The van der Waals surface area contributed by atoms with Gasteiger partial charge in [0.25, 0.3) is 0 Å². The van der Waals surface area contributed by atoms with E-state index in [0.29, 0.717) is 6.54 Å². The van der Waals surface area contributed by atoms with E-state index >= 15 is 0 Å². The van der Waals surface area contributed by atoms with Gasteiger partial charge >= 0.3 is 0 Å².